The zero-order chi connectivity index (χ0) is 20.9. The molecule has 9 heteroatoms. The van der Waals surface area contributed by atoms with Gasteiger partial charge >= 0.3 is 0 Å². The number of piperazine rings is 1. The Hall–Kier alpha value is -3.75. The van der Waals surface area contributed by atoms with Crippen LogP contribution in [0.5, 0.6) is 5.75 Å². The number of methoxy groups -OCH3 is 1. The number of carbonyl (C=O) groups is 1. The van der Waals surface area contributed by atoms with Gasteiger partial charge in [-0.2, -0.15) is 0 Å². The molecule has 154 valence electrons. The molecule has 1 fully saturated rings. The summed E-state index contributed by atoms with van der Waals surface area (Å²) < 4.78 is 19.0. The Morgan fingerprint density at radius 1 is 1.03 bits per heavy atom. The van der Waals surface area contributed by atoms with Crippen LogP contribution in [0.4, 0.5) is 21.8 Å². The third kappa shape index (κ3) is 4.29. The lowest BCUT2D eigenvalue weighted by Crippen LogP contribution is -2.47. The average Bonchev–Trinajstić information content (AvgIpc) is 2.80. The lowest BCUT2D eigenvalue weighted by molar-refractivity contribution is 0.102. The van der Waals surface area contributed by atoms with Crippen LogP contribution in [-0.2, 0) is 0 Å². The minimum Gasteiger partial charge on any atom is -0.497 e. The molecule has 3 aromatic rings. The summed E-state index contributed by atoms with van der Waals surface area (Å²) in [6.07, 6.45) is 4.83. The van der Waals surface area contributed by atoms with E-state index in [0.29, 0.717) is 17.4 Å². The lowest BCUT2D eigenvalue weighted by Gasteiger charge is -2.35. The van der Waals surface area contributed by atoms with Gasteiger partial charge in [-0.3, -0.25) is 4.79 Å². The van der Waals surface area contributed by atoms with Crippen LogP contribution in [0.15, 0.2) is 55.0 Å². The van der Waals surface area contributed by atoms with E-state index in [9.17, 15) is 9.18 Å². The molecular formula is C21H21FN6O2. The van der Waals surface area contributed by atoms with Crippen molar-refractivity contribution in [2.24, 2.45) is 0 Å². The monoisotopic (exact) mass is 408 g/mol. The van der Waals surface area contributed by atoms with E-state index in [2.05, 4.69) is 30.1 Å². The number of ether oxygens (including phenoxy) is 1. The third-order valence-electron chi connectivity index (χ3n) is 4.85. The molecule has 0 aliphatic carbocycles. The second-order valence-electron chi connectivity index (χ2n) is 6.73. The molecular weight excluding hydrogens is 387 g/mol. The SMILES string of the molecule is COc1ccc(C(=O)Nc2cnc(N3CCN(c4ccccn4)CC3)nc2)c(F)c1. The van der Waals surface area contributed by atoms with Gasteiger partial charge in [-0.25, -0.2) is 19.3 Å². The van der Waals surface area contributed by atoms with Crippen LogP contribution in [0, 0.1) is 5.82 Å². The number of halogens is 1. The summed E-state index contributed by atoms with van der Waals surface area (Å²) in [6, 6.07) is 9.94. The molecule has 0 radical (unpaired) electrons. The summed E-state index contributed by atoms with van der Waals surface area (Å²) in [5.41, 5.74) is 0.316. The Kier molecular flexibility index (Phi) is 5.69. The number of nitrogens with zero attached hydrogens (tertiary/aromatic N) is 5. The average molecular weight is 408 g/mol. The van der Waals surface area contributed by atoms with Gasteiger partial charge in [0.05, 0.1) is 30.8 Å². The number of hydrogen-bond acceptors (Lipinski definition) is 7. The number of rotatable bonds is 5. The van der Waals surface area contributed by atoms with Gasteiger partial charge in [0, 0.05) is 38.4 Å². The number of amides is 1. The van der Waals surface area contributed by atoms with Crippen LogP contribution < -0.4 is 19.9 Å². The topological polar surface area (TPSA) is 83.5 Å². The molecule has 30 heavy (non-hydrogen) atoms. The van der Waals surface area contributed by atoms with Gasteiger partial charge in [-0.15, -0.1) is 0 Å². The van der Waals surface area contributed by atoms with Crippen molar-refractivity contribution in [2.45, 2.75) is 0 Å². The highest BCUT2D eigenvalue weighted by Crippen LogP contribution is 2.19. The van der Waals surface area contributed by atoms with E-state index in [1.54, 1.807) is 6.20 Å². The molecule has 0 bridgehead atoms. The quantitative estimate of drug-likeness (QED) is 0.695. The first kappa shape index (κ1) is 19.6. The third-order valence-corrected chi connectivity index (χ3v) is 4.85. The maximum atomic E-state index is 14.1. The van der Waals surface area contributed by atoms with Crippen LogP contribution in [0.3, 0.4) is 0 Å². The molecule has 1 aliphatic rings. The molecule has 1 amide bonds. The van der Waals surface area contributed by atoms with Crippen LogP contribution in [-0.4, -0.2) is 54.1 Å². The van der Waals surface area contributed by atoms with E-state index in [1.165, 1.54) is 37.7 Å². The van der Waals surface area contributed by atoms with E-state index in [0.717, 1.165) is 32.0 Å². The highest BCUT2D eigenvalue weighted by Gasteiger charge is 2.20. The Bertz CT molecular complexity index is 1010. The second kappa shape index (κ2) is 8.73. The van der Waals surface area contributed by atoms with E-state index in [4.69, 9.17) is 4.74 Å². The summed E-state index contributed by atoms with van der Waals surface area (Å²) in [5.74, 6) is 0.664. The first-order valence-corrected chi connectivity index (χ1v) is 9.52. The summed E-state index contributed by atoms with van der Waals surface area (Å²) in [6.45, 7) is 3.16. The van der Waals surface area contributed by atoms with E-state index < -0.39 is 11.7 Å². The molecule has 3 heterocycles. The molecule has 1 aliphatic heterocycles. The molecule has 0 atom stereocenters. The van der Waals surface area contributed by atoms with Gasteiger partial charge in [0.2, 0.25) is 5.95 Å². The molecule has 1 saturated heterocycles. The van der Waals surface area contributed by atoms with Gasteiger partial charge in [0.25, 0.3) is 5.91 Å². The Morgan fingerprint density at radius 2 is 1.77 bits per heavy atom. The minimum atomic E-state index is -0.657. The summed E-state index contributed by atoms with van der Waals surface area (Å²) in [7, 11) is 1.44. The van der Waals surface area contributed by atoms with Gasteiger partial charge < -0.3 is 19.9 Å². The van der Waals surface area contributed by atoms with Crippen molar-refractivity contribution in [3.05, 3.63) is 66.4 Å². The number of benzene rings is 1. The van der Waals surface area contributed by atoms with Gasteiger partial charge in [-0.1, -0.05) is 6.07 Å². The molecule has 0 spiro atoms. The molecule has 1 N–H and O–H groups in total. The lowest BCUT2D eigenvalue weighted by atomic mass is 10.2. The highest BCUT2D eigenvalue weighted by molar-refractivity contribution is 6.04. The summed E-state index contributed by atoms with van der Waals surface area (Å²) in [5, 5.41) is 2.62. The van der Waals surface area contributed by atoms with Crippen molar-refractivity contribution >= 4 is 23.4 Å². The first-order chi connectivity index (χ1) is 14.6. The normalized spacial score (nSPS) is 13.8. The number of hydrogen-bond donors (Lipinski definition) is 1. The Labute approximate surface area is 173 Å². The molecule has 2 aromatic heterocycles. The molecule has 0 saturated carbocycles. The molecule has 8 nitrogen and oxygen atoms in total. The first-order valence-electron chi connectivity index (χ1n) is 9.52. The van der Waals surface area contributed by atoms with Gasteiger partial charge in [0.15, 0.2) is 0 Å². The summed E-state index contributed by atoms with van der Waals surface area (Å²) >= 11 is 0. The zero-order valence-corrected chi connectivity index (χ0v) is 16.5. The molecule has 4 rings (SSSR count). The predicted molar refractivity (Wildman–Crippen MR) is 112 cm³/mol. The number of pyridine rings is 1. The number of anilines is 3. The van der Waals surface area contributed by atoms with Crippen molar-refractivity contribution < 1.29 is 13.9 Å². The van der Waals surface area contributed by atoms with Crippen LogP contribution in [0.1, 0.15) is 10.4 Å². The van der Waals surface area contributed by atoms with Crippen LogP contribution in [0.25, 0.3) is 0 Å². The van der Waals surface area contributed by atoms with Crippen molar-refractivity contribution in [3.8, 4) is 5.75 Å². The standard InChI is InChI=1S/C21H21FN6O2/c1-30-16-5-6-17(18(22)12-16)20(29)26-15-13-24-21(25-14-15)28-10-8-27(9-11-28)19-4-2-3-7-23-19/h2-7,12-14H,8-11H2,1H3,(H,26,29). The Morgan fingerprint density at radius 3 is 2.40 bits per heavy atom. The fourth-order valence-electron chi connectivity index (χ4n) is 3.23. The number of aromatic nitrogens is 3. The number of carbonyl (C=O) groups excluding carboxylic acids is 1. The largest absolute Gasteiger partial charge is 0.497 e. The van der Waals surface area contributed by atoms with Crippen LogP contribution in [0.2, 0.25) is 0 Å². The molecule has 0 unspecified atom stereocenters. The zero-order valence-electron chi connectivity index (χ0n) is 16.5. The van der Waals surface area contributed by atoms with Crippen LogP contribution >= 0.6 is 0 Å². The van der Waals surface area contributed by atoms with Gasteiger partial charge in [0.1, 0.15) is 17.4 Å². The highest BCUT2D eigenvalue weighted by atomic mass is 19.1. The van der Waals surface area contributed by atoms with E-state index in [-0.39, 0.29) is 5.56 Å². The Balaban J connectivity index is 1.36. The van der Waals surface area contributed by atoms with Crippen molar-refractivity contribution in [1.29, 1.82) is 0 Å². The van der Waals surface area contributed by atoms with Gasteiger partial charge in [-0.05, 0) is 24.3 Å². The van der Waals surface area contributed by atoms with E-state index in [1.807, 2.05) is 18.2 Å². The predicted octanol–water partition coefficient (Wildman–Crippen LogP) is 2.60. The summed E-state index contributed by atoms with van der Waals surface area (Å²) in [4.78, 5) is 29.7. The minimum absolute atomic E-state index is 0.0782. The second-order valence-corrected chi connectivity index (χ2v) is 6.73. The molecule has 1 aromatic carbocycles. The van der Waals surface area contributed by atoms with Crippen molar-refractivity contribution in [3.63, 3.8) is 0 Å². The maximum Gasteiger partial charge on any atom is 0.258 e. The van der Waals surface area contributed by atoms with E-state index >= 15 is 0 Å². The maximum absolute atomic E-state index is 14.1. The smallest absolute Gasteiger partial charge is 0.258 e. The number of nitrogens with one attached hydrogen (secondary N) is 1. The van der Waals surface area contributed by atoms with Crippen molar-refractivity contribution in [1.82, 2.24) is 15.0 Å². The fourth-order valence-corrected chi connectivity index (χ4v) is 3.23. The van der Waals surface area contributed by atoms with Crippen molar-refractivity contribution in [2.75, 3.05) is 48.4 Å². The fraction of sp³-hybridized carbons (Fsp3) is 0.238.